The van der Waals surface area contributed by atoms with Gasteiger partial charge in [-0.25, -0.2) is 24.2 Å². The standard InChI is InChI=1S/C19H22N6O5/c1-4-28-17(26)19(3,18(27)29-5-2)25-16-13(15(20)21-9-22-16)14(23-25)11-8-12(30-24-11)10-6-7-10/h8-10H,4-7H2,1-3H3,(H2,20,21,22). The Morgan fingerprint density at radius 2 is 1.90 bits per heavy atom. The number of carbonyl (C=O) groups excluding carboxylic acids is 2. The van der Waals surface area contributed by atoms with Gasteiger partial charge < -0.3 is 19.7 Å². The summed E-state index contributed by atoms with van der Waals surface area (Å²) in [5.41, 5.74) is 5.08. The van der Waals surface area contributed by atoms with E-state index in [1.54, 1.807) is 19.9 Å². The van der Waals surface area contributed by atoms with Crippen LogP contribution in [0, 0.1) is 0 Å². The molecule has 11 nitrogen and oxygen atoms in total. The molecule has 30 heavy (non-hydrogen) atoms. The Bertz CT molecular complexity index is 1100. The molecule has 158 valence electrons. The van der Waals surface area contributed by atoms with Crippen molar-refractivity contribution in [3.8, 4) is 11.4 Å². The highest BCUT2D eigenvalue weighted by atomic mass is 16.6. The fraction of sp³-hybridized carbons (Fsp3) is 0.474. The molecule has 0 aliphatic heterocycles. The highest BCUT2D eigenvalue weighted by molar-refractivity contribution is 6.05. The van der Waals surface area contributed by atoms with E-state index in [4.69, 9.17) is 19.7 Å². The van der Waals surface area contributed by atoms with E-state index >= 15 is 0 Å². The van der Waals surface area contributed by atoms with Crippen molar-refractivity contribution in [2.45, 2.75) is 45.1 Å². The minimum atomic E-state index is -1.92. The highest BCUT2D eigenvalue weighted by Gasteiger charge is 2.49. The molecule has 4 rings (SSSR count). The predicted molar refractivity (Wildman–Crippen MR) is 104 cm³/mol. The molecule has 3 aromatic heterocycles. The summed E-state index contributed by atoms with van der Waals surface area (Å²) in [5, 5.41) is 8.96. The third-order valence-corrected chi connectivity index (χ3v) is 5.01. The Labute approximate surface area is 171 Å². The van der Waals surface area contributed by atoms with E-state index in [2.05, 4.69) is 20.2 Å². The summed E-state index contributed by atoms with van der Waals surface area (Å²) >= 11 is 0. The third-order valence-electron chi connectivity index (χ3n) is 5.01. The maximum Gasteiger partial charge on any atom is 0.345 e. The molecular weight excluding hydrogens is 392 g/mol. The first kappa shape index (κ1) is 19.8. The van der Waals surface area contributed by atoms with E-state index in [1.807, 2.05) is 0 Å². The molecule has 0 aromatic carbocycles. The molecule has 11 heteroatoms. The molecule has 1 aliphatic carbocycles. The van der Waals surface area contributed by atoms with Crippen LogP contribution in [-0.2, 0) is 24.6 Å². The van der Waals surface area contributed by atoms with Crippen molar-refractivity contribution in [2.24, 2.45) is 0 Å². The van der Waals surface area contributed by atoms with Crippen LogP contribution in [-0.4, -0.2) is 50.1 Å². The average molecular weight is 414 g/mol. The number of fused-ring (bicyclic) bond motifs is 1. The van der Waals surface area contributed by atoms with Crippen LogP contribution in [0.5, 0.6) is 0 Å². The molecule has 0 atom stereocenters. The molecule has 3 heterocycles. The first-order valence-corrected chi connectivity index (χ1v) is 9.72. The zero-order valence-electron chi connectivity index (χ0n) is 16.9. The third kappa shape index (κ3) is 3.06. The van der Waals surface area contributed by atoms with E-state index in [0.29, 0.717) is 22.7 Å². The summed E-state index contributed by atoms with van der Waals surface area (Å²) in [5.74, 6) is -0.419. The second kappa shape index (κ2) is 7.39. The molecule has 0 radical (unpaired) electrons. The highest BCUT2D eigenvalue weighted by Crippen LogP contribution is 2.42. The number of anilines is 1. The van der Waals surface area contributed by atoms with E-state index in [1.165, 1.54) is 13.3 Å². The molecule has 1 saturated carbocycles. The van der Waals surface area contributed by atoms with Crippen molar-refractivity contribution in [1.82, 2.24) is 24.9 Å². The maximum atomic E-state index is 12.9. The van der Waals surface area contributed by atoms with Crippen LogP contribution in [0.25, 0.3) is 22.4 Å². The first-order valence-electron chi connectivity index (χ1n) is 9.72. The number of ether oxygens (including phenoxy) is 2. The molecule has 0 spiro atoms. The van der Waals surface area contributed by atoms with Gasteiger partial charge in [0.2, 0.25) is 0 Å². The monoisotopic (exact) mass is 414 g/mol. The Morgan fingerprint density at radius 1 is 1.23 bits per heavy atom. The minimum Gasteiger partial charge on any atom is -0.464 e. The van der Waals surface area contributed by atoms with Crippen molar-refractivity contribution >= 4 is 28.8 Å². The number of carbonyl (C=O) groups is 2. The van der Waals surface area contributed by atoms with Gasteiger partial charge in [-0.05, 0) is 33.6 Å². The molecule has 0 bridgehead atoms. The lowest BCUT2D eigenvalue weighted by Gasteiger charge is -2.25. The van der Waals surface area contributed by atoms with Gasteiger partial charge in [0.1, 0.15) is 29.3 Å². The van der Waals surface area contributed by atoms with Crippen molar-refractivity contribution in [2.75, 3.05) is 18.9 Å². The van der Waals surface area contributed by atoms with Crippen LogP contribution >= 0.6 is 0 Å². The summed E-state index contributed by atoms with van der Waals surface area (Å²) in [7, 11) is 0. The van der Waals surface area contributed by atoms with Crippen molar-refractivity contribution in [3.05, 3.63) is 18.2 Å². The Kier molecular flexibility index (Phi) is 4.88. The summed E-state index contributed by atoms with van der Waals surface area (Å²) in [6.07, 6.45) is 3.31. The van der Waals surface area contributed by atoms with Crippen LogP contribution in [0.15, 0.2) is 16.9 Å². The van der Waals surface area contributed by atoms with Crippen LogP contribution in [0.1, 0.15) is 45.3 Å². The van der Waals surface area contributed by atoms with E-state index < -0.39 is 17.5 Å². The molecule has 0 amide bonds. The van der Waals surface area contributed by atoms with Crippen LogP contribution in [0.4, 0.5) is 5.82 Å². The molecule has 0 saturated heterocycles. The Hall–Kier alpha value is -3.50. The number of nitrogen functional groups attached to an aromatic ring is 1. The molecule has 1 aliphatic rings. The lowest BCUT2D eigenvalue weighted by atomic mass is 10.0. The van der Waals surface area contributed by atoms with Crippen LogP contribution in [0.2, 0.25) is 0 Å². The summed E-state index contributed by atoms with van der Waals surface area (Å²) < 4.78 is 16.9. The number of esters is 2. The molecule has 1 fully saturated rings. The van der Waals surface area contributed by atoms with Crippen LogP contribution < -0.4 is 5.73 Å². The molecule has 2 N–H and O–H groups in total. The second-order valence-electron chi connectivity index (χ2n) is 7.12. The number of nitrogens with zero attached hydrogens (tertiary/aromatic N) is 5. The van der Waals surface area contributed by atoms with Gasteiger partial charge >= 0.3 is 11.9 Å². The average Bonchev–Trinajstić information content (AvgIpc) is 3.32. The summed E-state index contributed by atoms with van der Waals surface area (Å²) in [4.78, 5) is 34.0. The Morgan fingerprint density at radius 3 is 2.50 bits per heavy atom. The number of aromatic nitrogens is 5. The lowest BCUT2D eigenvalue weighted by Crippen LogP contribution is -2.49. The van der Waals surface area contributed by atoms with Gasteiger partial charge in [-0.2, -0.15) is 5.10 Å². The fourth-order valence-electron chi connectivity index (χ4n) is 3.23. The second-order valence-corrected chi connectivity index (χ2v) is 7.12. The quantitative estimate of drug-likeness (QED) is 0.448. The van der Waals surface area contributed by atoms with Crippen LogP contribution in [0.3, 0.4) is 0 Å². The zero-order chi connectivity index (χ0) is 21.5. The van der Waals surface area contributed by atoms with Gasteiger partial charge in [-0.1, -0.05) is 5.16 Å². The maximum absolute atomic E-state index is 12.9. The zero-order valence-corrected chi connectivity index (χ0v) is 16.9. The largest absolute Gasteiger partial charge is 0.464 e. The molecule has 3 aromatic rings. The number of hydrogen-bond acceptors (Lipinski definition) is 10. The number of nitrogens with two attached hydrogens (primary N) is 1. The van der Waals surface area contributed by atoms with Gasteiger partial charge in [-0.3, -0.25) is 0 Å². The summed E-state index contributed by atoms with van der Waals surface area (Å²) in [6.45, 7) is 4.81. The van der Waals surface area contributed by atoms with Gasteiger partial charge in [0, 0.05) is 12.0 Å². The topological polar surface area (TPSA) is 148 Å². The predicted octanol–water partition coefficient (Wildman–Crippen LogP) is 1.78. The van der Waals surface area contributed by atoms with E-state index in [9.17, 15) is 9.59 Å². The number of hydrogen-bond donors (Lipinski definition) is 1. The Balaban J connectivity index is 1.94. The van der Waals surface area contributed by atoms with Gasteiger partial charge in [0.05, 0.1) is 18.6 Å². The van der Waals surface area contributed by atoms with Crippen molar-refractivity contribution in [1.29, 1.82) is 0 Å². The van der Waals surface area contributed by atoms with E-state index in [-0.39, 0.29) is 24.7 Å². The number of rotatable bonds is 7. The normalized spacial score (nSPS) is 14.1. The van der Waals surface area contributed by atoms with Crippen molar-refractivity contribution in [3.63, 3.8) is 0 Å². The van der Waals surface area contributed by atoms with Gasteiger partial charge in [0.25, 0.3) is 5.54 Å². The lowest BCUT2D eigenvalue weighted by molar-refractivity contribution is -0.169. The minimum absolute atomic E-state index is 0.0744. The molecular formula is C19H22N6O5. The molecule has 0 unspecified atom stereocenters. The van der Waals surface area contributed by atoms with Gasteiger partial charge in [-0.15, -0.1) is 0 Å². The summed E-state index contributed by atoms with van der Waals surface area (Å²) in [6, 6.07) is 1.78. The van der Waals surface area contributed by atoms with Crippen molar-refractivity contribution < 1.29 is 23.6 Å². The van der Waals surface area contributed by atoms with Gasteiger partial charge in [0.15, 0.2) is 5.65 Å². The smallest absolute Gasteiger partial charge is 0.345 e. The fourth-order valence-corrected chi connectivity index (χ4v) is 3.23. The van der Waals surface area contributed by atoms with E-state index in [0.717, 1.165) is 23.3 Å². The first-order chi connectivity index (χ1) is 14.4. The SMILES string of the molecule is CCOC(=O)C(C)(C(=O)OCC)n1nc(-c2cc(C3CC3)on2)c2c(N)ncnc21.